The average molecular weight is 392 g/mol. The molecule has 1 aliphatic carbocycles. The zero-order valence-electron chi connectivity index (χ0n) is 15.5. The van der Waals surface area contributed by atoms with E-state index in [2.05, 4.69) is 5.32 Å². The standard InChI is InChI=1S/C21H23F3N2O2/c22-21(23,24)17-7-5-6-16(14-17)20(10-2-3-11-20)15-25-18(27)9-13-26-12-4-1-8-19(26)28/h1,4-8,12,14H,2-3,9-11,13,15H2,(H,25,27). The molecular formula is C21H23F3N2O2. The molecule has 4 nitrogen and oxygen atoms in total. The van der Waals surface area contributed by atoms with Crippen LogP contribution in [0.3, 0.4) is 0 Å². The van der Waals surface area contributed by atoms with Gasteiger partial charge in [-0.05, 0) is 30.5 Å². The molecule has 1 aliphatic rings. The van der Waals surface area contributed by atoms with Gasteiger partial charge in [-0.3, -0.25) is 9.59 Å². The lowest BCUT2D eigenvalue weighted by Gasteiger charge is -2.30. The first-order chi connectivity index (χ1) is 13.3. The third kappa shape index (κ3) is 4.64. The Balaban J connectivity index is 1.67. The first kappa shape index (κ1) is 20.2. The molecule has 0 radical (unpaired) electrons. The lowest BCUT2D eigenvalue weighted by Crippen LogP contribution is -2.39. The summed E-state index contributed by atoms with van der Waals surface area (Å²) in [6, 6.07) is 10.2. The average Bonchev–Trinajstić information content (AvgIpc) is 3.15. The Morgan fingerprint density at radius 1 is 1.11 bits per heavy atom. The fourth-order valence-electron chi connectivity index (χ4n) is 3.87. The number of aromatic nitrogens is 1. The molecule has 0 spiro atoms. The summed E-state index contributed by atoms with van der Waals surface area (Å²) >= 11 is 0. The Hall–Kier alpha value is -2.57. The largest absolute Gasteiger partial charge is 0.416 e. The summed E-state index contributed by atoms with van der Waals surface area (Å²) < 4.78 is 40.7. The summed E-state index contributed by atoms with van der Waals surface area (Å²) in [5.74, 6) is -0.214. The topological polar surface area (TPSA) is 51.1 Å². The number of nitrogens with zero attached hydrogens (tertiary/aromatic N) is 1. The molecule has 28 heavy (non-hydrogen) atoms. The smallest absolute Gasteiger partial charge is 0.355 e. The van der Waals surface area contributed by atoms with Gasteiger partial charge < -0.3 is 9.88 Å². The quantitative estimate of drug-likeness (QED) is 0.811. The predicted octanol–water partition coefficient (Wildman–Crippen LogP) is 3.89. The van der Waals surface area contributed by atoms with Crippen molar-refractivity contribution in [2.45, 2.75) is 50.2 Å². The number of aryl methyl sites for hydroxylation is 1. The van der Waals surface area contributed by atoms with Crippen LogP contribution >= 0.6 is 0 Å². The van der Waals surface area contributed by atoms with E-state index in [0.29, 0.717) is 12.1 Å². The molecule has 0 aliphatic heterocycles. The van der Waals surface area contributed by atoms with Gasteiger partial charge >= 0.3 is 6.18 Å². The maximum atomic E-state index is 13.1. The van der Waals surface area contributed by atoms with Crippen LogP contribution in [0.5, 0.6) is 0 Å². The number of pyridine rings is 1. The first-order valence-electron chi connectivity index (χ1n) is 9.40. The second-order valence-corrected chi connectivity index (χ2v) is 7.33. The molecule has 0 saturated heterocycles. The van der Waals surface area contributed by atoms with E-state index in [1.54, 1.807) is 24.4 Å². The van der Waals surface area contributed by atoms with Crippen molar-refractivity contribution in [1.82, 2.24) is 9.88 Å². The van der Waals surface area contributed by atoms with E-state index in [1.807, 2.05) is 0 Å². The van der Waals surface area contributed by atoms with Gasteiger partial charge in [-0.15, -0.1) is 0 Å². The van der Waals surface area contributed by atoms with Gasteiger partial charge in [0.25, 0.3) is 5.56 Å². The van der Waals surface area contributed by atoms with Crippen molar-refractivity contribution < 1.29 is 18.0 Å². The van der Waals surface area contributed by atoms with Gasteiger partial charge in [-0.25, -0.2) is 0 Å². The zero-order chi connectivity index (χ0) is 20.2. The van der Waals surface area contributed by atoms with E-state index in [9.17, 15) is 22.8 Å². The number of alkyl halides is 3. The van der Waals surface area contributed by atoms with Gasteiger partial charge in [-0.1, -0.05) is 37.1 Å². The van der Waals surface area contributed by atoms with Gasteiger partial charge in [0.1, 0.15) is 0 Å². The highest BCUT2D eigenvalue weighted by Gasteiger charge is 2.38. The number of hydrogen-bond donors (Lipinski definition) is 1. The highest BCUT2D eigenvalue weighted by Crippen LogP contribution is 2.42. The summed E-state index contributed by atoms with van der Waals surface area (Å²) in [6.45, 7) is 0.568. The Labute approximate surface area is 161 Å². The van der Waals surface area contributed by atoms with E-state index < -0.39 is 17.2 Å². The summed E-state index contributed by atoms with van der Waals surface area (Å²) in [6.07, 6.45) is 0.706. The fraction of sp³-hybridized carbons (Fsp3) is 0.429. The Kier molecular flexibility index (Phi) is 5.91. The molecule has 1 aromatic heterocycles. The van der Waals surface area contributed by atoms with Gasteiger partial charge in [-0.2, -0.15) is 13.2 Å². The van der Waals surface area contributed by atoms with Gasteiger partial charge in [0.2, 0.25) is 5.91 Å². The lowest BCUT2D eigenvalue weighted by atomic mass is 9.78. The number of carbonyl (C=O) groups is 1. The van der Waals surface area contributed by atoms with Crippen molar-refractivity contribution in [3.63, 3.8) is 0 Å². The van der Waals surface area contributed by atoms with Gasteiger partial charge in [0.15, 0.2) is 0 Å². The Morgan fingerprint density at radius 3 is 2.54 bits per heavy atom. The molecule has 1 saturated carbocycles. The normalized spacial score (nSPS) is 16.1. The number of halogens is 3. The first-order valence-corrected chi connectivity index (χ1v) is 9.40. The molecule has 1 fully saturated rings. The van der Waals surface area contributed by atoms with Crippen LogP contribution in [-0.2, 0) is 22.9 Å². The molecule has 1 N–H and O–H groups in total. The van der Waals surface area contributed by atoms with Gasteiger partial charge in [0, 0.05) is 37.2 Å². The molecule has 2 aromatic rings. The highest BCUT2D eigenvalue weighted by molar-refractivity contribution is 5.76. The van der Waals surface area contributed by atoms with Crippen molar-refractivity contribution in [3.8, 4) is 0 Å². The second kappa shape index (κ2) is 8.20. The highest BCUT2D eigenvalue weighted by atomic mass is 19.4. The van der Waals surface area contributed by atoms with Crippen LogP contribution in [-0.4, -0.2) is 17.0 Å². The van der Waals surface area contributed by atoms with Crippen LogP contribution in [0.25, 0.3) is 0 Å². The lowest BCUT2D eigenvalue weighted by molar-refractivity contribution is -0.137. The summed E-state index contributed by atoms with van der Waals surface area (Å²) in [7, 11) is 0. The van der Waals surface area contributed by atoms with Crippen LogP contribution in [0, 0.1) is 0 Å². The zero-order valence-corrected chi connectivity index (χ0v) is 15.5. The molecule has 150 valence electrons. The number of rotatable bonds is 6. The van der Waals surface area contributed by atoms with Crippen LogP contribution in [0.15, 0.2) is 53.5 Å². The summed E-state index contributed by atoms with van der Waals surface area (Å²) in [5.41, 5.74) is -0.683. The number of amides is 1. The fourth-order valence-corrected chi connectivity index (χ4v) is 3.87. The Bertz CT molecular complexity index is 883. The van der Waals surface area contributed by atoms with E-state index in [4.69, 9.17) is 0 Å². The molecular weight excluding hydrogens is 369 g/mol. The maximum absolute atomic E-state index is 13.1. The minimum absolute atomic E-state index is 0.141. The molecule has 1 aromatic carbocycles. The van der Waals surface area contributed by atoms with Crippen molar-refractivity contribution in [2.75, 3.05) is 6.54 Å². The molecule has 0 unspecified atom stereocenters. The summed E-state index contributed by atoms with van der Waals surface area (Å²) in [5, 5.41) is 2.88. The number of carbonyl (C=O) groups excluding carboxylic acids is 1. The van der Waals surface area contributed by atoms with Gasteiger partial charge in [0.05, 0.1) is 5.56 Å². The van der Waals surface area contributed by atoms with E-state index in [-0.39, 0.29) is 24.4 Å². The molecule has 0 atom stereocenters. The predicted molar refractivity (Wildman–Crippen MR) is 99.9 cm³/mol. The van der Waals surface area contributed by atoms with E-state index >= 15 is 0 Å². The number of benzene rings is 1. The molecule has 7 heteroatoms. The van der Waals surface area contributed by atoms with Crippen LogP contribution in [0.1, 0.15) is 43.2 Å². The van der Waals surface area contributed by atoms with Crippen LogP contribution < -0.4 is 10.9 Å². The number of nitrogens with one attached hydrogen (secondary N) is 1. The molecule has 1 amide bonds. The third-order valence-corrected chi connectivity index (χ3v) is 5.47. The van der Waals surface area contributed by atoms with E-state index in [0.717, 1.165) is 31.7 Å². The van der Waals surface area contributed by atoms with Crippen molar-refractivity contribution in [3.05, 3.63) is 70.1 Å². The maximum Gasteiger partial charge on any atom is 0.416 e. The second-order valence-electron chi connectivity index (χ2n) is 7.33. The molecule has 0 bridgehead atoms. The van der Waals surface area contributed by atoms with Crippen molar-refractivity contribution in [2.24, 2.45) is 0 Å². The number of hydrogen-bond acceptors (Lipinski definition) is 2. The monoisotopic (exact) mass is 392 g/mol. The molecule has 3 rings (SSSR count). The molecule has 1 heterocycles. The van der Waals surface area contributed by atoms with Crippen LogP contribution in [0.4, 0.5) is 13.2 Å². The van der Waals surface area contributed by atoms with E-state index in [1.165, 1.54) is 22.8 Å². The van der Waals surface area contributed by atoms with Crippen molar-refractivity contribution >= 4 is 5.91 Å². The van der Waals surface area contributed by atoms with Crippen LogP contribution in [0.2, 0.25) is 0 Å². The minimum Gasteiger partial charge on any atom is -0.355 e. The minimum atomic E-state index is -4.39. The third-order valence-electron chi connectivity index (χ3n) is 5.47. The van der Waals surface area contributed by atoms with Crippen molar-refractivity contribution in [1.29, 1.82) is 0 Å². The Morgan fingerprint density at radius 2 is 1.86 bits per heavy atom. The SMILES string of the molecule is O=C(CCn1ccccc1=O)NCC1(c2cccc(C(F)(F)F)c2)CCCC1. The summed E-state index contributed by atoms with van der Waals surface area (Å²) in [4.78, 5) is 24.0.